The molecule has 0 amide bonds. The Bertz CT molecular complexity index is 693. The first-order chi connectivity index (χ1) is 9.41. The van der Waals surface area contributed by atoms with E-state index in [0.29, 0.717) is 0 Å². The van der Waals surface area contributed by atoms with Gasteiger partial charge < -0.3 is 10.5 Å². The van der Waals surface area contributed by atoms with Crippen LogP contribution in [0.4, 0.5) is 0 Å². The van der Waals surface area contributed by atoms with E-state index in [2.05, 4.69) is 0 Å². The smallest absolute Gasteiger partial charge is 0.175 e. The van der Waals surface area contributed by atoms with E-state index in [0.717, 1.165) is 16.9 Å². The molecule has 0 fully saturated rings. The van der Waals surface area contributed by atoms with Crippen LogP contribution in [0.3, 0.4) is 0 Å². The van der Waals surface area contributed by atoms with Gasteiger partial charge in [0.1, 0.15) is 5.75 Å². The standard InChI is InChI=1S/C15H17NO3S/c1-19-13-8-6-11(7-9-13)15(16)12-4-3-5-14(10-12)20(2,17)18/h3-10,15H,16H2,1-2H3/t15-/m1/s1. The minimum Gasteiger partial charge on any atom is -0.497 e. The largest absolute Gasteiger partial charge is 0.497 e. The predicted molar refractivity (Wildman–Crippen MR) is 78.6 cm³/mol. The van der Waals surface area contributed by atoms with Crippen LogP contribution in [-0.4, -0.2) is 21.8 Å². The van der Waals surface area contributed by atoms with Gasteiger partial charge in [0.05, 0.1) is 18.0 Å². The molecule has 106 valence electrons. The van der Waals surface area contributed by atoms with E-state index in [1.54, 1.807) is 25.3 Å². The SMILES string of the molecule is COc1ccc([C@@H](N)c2cccc(S(C)(=O)=O)c2)cc1. The molecule has 0 unspecified atom stereocenters. The second-order valence-corrected chi connectivity index (χ2v) is 6.61. The number of hydrogen-bond acceptors (Lipinski definition) is 4. The molecular weight excluding hydrogens is 274 g/mol. The van der Waals surface area contributed by atoms with Crippen molar-refractivity contribution in [3.63, 3.8) is 0 Å². The maximum absolute atomic E-state index is 11.6. The molecule has 5 heteroatoms. The fourth-order valence-corrected chi connectivity index (χ4v) is 2.62. The highest BCUT2D eigenvalue weighted by Gasteiger charge is 2.13. The minimum atomic E-state index is -3.23. The second kappa shape index (κ2) is 5.64. The fraction of sp³-hybridized carbons (Fsp3) is 0.200. The quantitative estimate of drug-likeness (QED) is 0.937. The summed E-state index contributed by atoms with van der Waals surface area (Å²) in [5, 5.41) is 0. The zero-order valence-electron chi connectivity index (χ0n) is 11.4. The number of rotatable bonds is 4. The summed E-state index contributed by atoms with van der Waals surface area (Å²) in [4.78, 5) is 0.277. The van der Waals surface area contributed by atoms with Crippen LogP contribution >= 0.6 is 0 Å². The fourth-order valence-electron chi connectivity index (χ4n) is 1.94. The molecule has 0 aliphatic rings. The average molecular weight is 291 g/mol. The molecule has 0 saturated carbocycles. The first-order valence-corrected chi connectivity index (χ1v) is 8.00. The van der Waals surface area contributed by atoms with Gasteiger partial charge in [0, 0.05) is 6.26 Å². The summed E-state index contributed by atoms with van der Waals surface area (Å²) in [5.74, 6) is 0.755. The highest BCUT2D eigenvalue weighted by Crippen LogP contribution is 2.23. The molecule has 0 spiro atoms. The van der Waals surface area contributed by atoms with Gasteiger partial charge >= 0.3 is 0 Å². The van der Waals surface area contributed by atoms with Gasteiger partial charge in [-0.3, -0.25) is 0 Å². The van der Waals surface area contributed by atoms with Crippen molar-refractivity contribution < 1.29 is 13.2 Å². The maximum Gasteiger partial charge on any atom is 0.175 e. The van der Waals surface area contributed by atoms with Gasteiger partial charge in [-0.05, 0) is 35.4 Å². The lowest BCUT2D eigenvalue weighted by molar-refractivity contribution is 0.414. The van der Waals surface area contributed by atoms with Crippen LogP contribution in [0.1, 0.15) is 17.2 Å². The molecule has 1 atom stereocenters. The number of hydrogen-bond donors (Lipinski definition) is 1. The Morgan fingerprint density at radius 2 is 1.70 bits per heavy atom. The van der Waals surface area contributed by atoms with E-state index in [9.17, 15) is 8.42 Å². The van der Waals surface area contributed by atoms with Crippen LogP contribution in [0.15, 0.2) is 53.4 Å². The summed E-state index contributed by atoms with van der Waals surface area (Å²) < 4.78 is 28.2. The third kappa shape index (κ3) is 3.18. The number of nitrogens with two attached hydrogens (primary N) is 1. The van der Waals surface area contributed by atoms with Crippen LogP contribution in [0.5, 0.6) is 5.75 Å². The summed E-state index contributed by atoms with van der Waals surface area (Å²) >= 11 is 0. The van der Waals surface area contributed by atoms with E-state index >= 15 is 0 Å². The first kappa shape index (κ1) is 14.6. The Morgan fingerprint density at radius 3 is 2.25 bits per heavy atom. The van der Waals surface area contributed by atoms with Gasteiger partial charge in [-0.15, -0.1) is 0 Å². The zero-order chi connectivity index (χ0) is 14.8. The molecule has 2 N–H and O–H groups in total. The number of benzene rings is 2. The van der Waals surface area contributed by atoms with E-state index < -0.39 is 9.84 Å². The van der Waals surface area contributed by atoms with Crippen molar-refractivity contribution in [2.24, 2.45) is 5.73 Å². The molecule has 0 aliphatic heterocycles. The molecular formula is C15H17NO3S. The molecule has 4 nitrogen and oxygen atoms in total. The monoisotopic (exact) mass is 291 g/mol. The molecule has 0 aliphatic carbocycles. The third-order valence-corrected chi connectivity index (χ3v) is 4.23. The minimum absolute atomic E-state index is 0.277. The highest BCUT2D eigenvalue weighted by molar-refractivity contribution is 7.90. The highest BCUT2D eigenvalue weighted by atomic mass is 32.2. The van der Waals surface area contributed by atoms with Crippen LogP contribution in [0.25, 0.3) is 0 Å². The molecule has 0 radical (unpaired) electrons. The molecule has 0 bridgehead atoms. The van der Waals surface area contributed by atoms with E-state index in [4.69, 9.17) is 10.5 Å². The van der Waals surface area contributed by atoms with Crippen molar-refractivity contribution in [2.75, 3.05) is 13.4 Å². The summed E-state index contributed by atoms with van der Waals surface area (Å²) in [6.07, 6.45) is 1.19. The van der Waals surface area contributed by atoms with Gasteiger partial charge in [-0.2, -0.15) is 0 Å². The Morgan fingerprint density at radius 1 is 1.05 bits per heavy atom. The van der Waals surface area contributed by atoms with E-state index in [1.165, 1.54) is 6.26 Å². The van der Waals surface area contributed by atoms with Crippen molar-refractivity contribution in [2.45, 2.75) is 10.9 Å². The molecule has 2 aromatic rings. The first-order valence-electron chi connectivity index (χ1n) is 6.11. The van der Waals surface area contributed by atoms with E-state index in [1.807, 2.05) is 30.3 Å². The number of sulfone groups is 1. The van der Waals surface area contributed by atoms with Crippen LogP contribution in [0, 0.1) is 0 Å². The van der Waals surface area contributed by atoms with Crippen molar-refractivity contribution in [3.05, 3.63) is 59.7 Å². The van der Waals surface area contributed by atoms with Gasteiger partial charge in [0.25, 0.3) is 0 Å². The van der Waals surface area contributed by atoms with Crippen LogP contribution in [0.2, 0.25) is 0 Å². The number of methoxy groups -OCH3 is 1. The van der Waals surface area contributed by atoms with Crippen molar-refractivity contribution in [3.8, 4) is 5.75 Å². The second-order valence-electron chi connectivity index (χ2n) is 4.60. The lowest BCUT2D eigenvalue weighted by Crippen LogP contribution is -2.12. The lowest BCUT2D eigenvalue weighted by atomic mass is 10.00. The maximum atomic E-state index is 11.6. The van der Waals surface area contributed by atoms with Gasteiger partial charge in [-0.1, -0.05) is 24.3 Å². The molecule has 20 heavy (non-hydrogen) atoms. The van der Waals surface area contributed by atoms with Gasteiger partial charge in [0.15, 0.2) is 9.84 Å². The Labute approximate surface area is 119 Å². The number of ether oxygens (including phenoxy) is 1. The Balaban J connectivity index is 2.35. The molecule has 2 aromatic carbocycles. The molecule has 0 saturated heterocycles. The van der Waals surface area contributed by atoms with Gasteiger partial charge in [-0.25, -0.2) is 8.42 Å². The lowest BCUT2D eigenvalue weighted by Gasteiger charge is -2.14. The molecule has 0 aromatic heterocycles. The average Bonchev–Trinajstić information content (AvgIpc) is 2.46. The van der Waals surface area contributed by atoms with Crippen molar-refractivity contribution in [1.29, 1.82) is 0 Å². The molecule has 0 heterocycles. The third-order valence-electron chi connectivity index (χ3n) is 3.12. The predicted octanol–water partition coefficient (Wildman–Crippen LogP) is 2.15. The summed E-state index contributed by atoms with van der Waals surface area (Å²) in [6.45, 7) is 0. The van der Waals surface area contributed by atoms with E-state index in [-0.39, 0.29) is 10.9 Å². The van der Waals surface area contributed by atoms with Gasteiger partial charge in [0.2, 0.25) is 0 Å². The topological polar surface area (TPSA) is 69.4 Å². The van der Waals surface area contributed by atoms with Crippen molar-refractivity contribution >= 4 is 9.84 Å². The van der Waals surface area contributed by atoms with Crippen molar-refractivity contribution in [1.82, 2.24) is 0 Å². The Hall–Kier alpha value is -1.85. The summed E-state index contributed by atoms with van der Waals surface area (Å²) in [7, 11) is -1.63. The van der Waals surface area contributed by atoms with Crippen LogP contribution in [-0.2, 0) is 9.84 Å². The summed E-state index contributed by atoms with van der Waals surface area (Å²) in [6, 6.07) is 13.7. The Kier molecular flexibility index (Phi) is 4.11. The molecule has 2 rings (SSSR count). The van der Waals surface area contributed by atoms with Crippen LogP contribution < -0.4 is 10.5 Å². The summed E-state index contributed by atoms with van der Waals surface area (Å²) in [5.41, 5.74) is 7.85. The zero-order valence-corrected chi connectivity index (χ0v) is 12.2. The normalized spacial score (nSPS) is 12.9.